The summed E-state index contributed by atoms with van der Waals surface area (Å²) in [7, 11) is 3.08. The minimum absolute atomic E-state index is 0.0266. The molecule has 0 aliphatic rings. The molecule has 0 saturated heterocycles. The quantitative estimate of drug-likeness (QED) is 0.364. The Bertz CT molecular complexity index is 1480. The Hall–Kier alpha value is -4.21. The summed E-state index contributed by atoms with van der Waals surface area (Å²) in [5, 5.41) is 4.63. The number of aromatic amines is 1. The molecule has 0 spiro atoms. The summed E-state index contributed by atoms with van der Waals surface area (Å²) in [5.74, 6) is 0.0978. The molecule has 34 heavy (non-hydrogen) atoms. The molecular weight excluding hydrogens is 438 g/mol. The van der Waals surface area contributed by atoms with Gasteiger partial charge in [-0.2, -0.15) is 0 Å². The van der Waals surface area contributed by atoms with Gasteiger partial charge >= 0.3 is 5.69 Å². The van der Waals surface area contributed by atoms with Crippen LogP contribution in [0.25, 0.3) is 21.9 Å². The second kappa shape index (κ2) is 9.34. The van der Waals surface area contributed by atoms with E-state index in [-0.39, 0.29) is 18.1 Å². The Morgan fingerprint density at radius 3 is 2.71 bits per heavy atom. The molecule has 4 rings (SSSR count). The van der Waals surface area contributed by atoms with Gasteiger partial charge in [-0.05, 0) is 18.6 Å². The number of furan rings is 1. The number of aromatic nitrogens is 2. The highest BCUT2D eigenvalue weighted by atomic mass is 16.5. The van der Waals surface area contributed by atoms with Crippen molar-refractivity contribution in [2.24, 2.45) is 0 Å². The number of hydrogen-bond donors (Lipinski definition) is 3. The average molecular weight is 466 g/mol. The molecule has 0 atom stereocenters. The number of benzene rings is 2. The maximum atomic E-state index is 12.9. The van der Waals surface area contributed by atoms with Crippen molar-refractivity contribution < 1.29 is 13.9 Å². The van der Waals surface area contributed by atoms with E-state index in [4.69, 9.17) is 14.9 Å². The number of ether oxygens (including phenoxy) is 1. The highest BCUT2D eigenvalue weighted by Gasteiger charge is 2.20. The third-order valence-corrected chi connectivity index (χ3v) is 5.68. The van der Waals surface area contributed by atoms with E-state index in [9.17, 15) is 14.4 Å². The number of carbonyl (C=O) groups excluding carboxylic acids is 1. The van der Waals surface area contributed by atoms with Crippen LogP contribution < -0.4 is 31.9 Å². The molecule has 2 aromatic heterocycles. The van der Waals surface area contributed by atoms with E-state index in [1.165, 1.54) is 16.6 Å². The third-order valence-electron chi connectivity index (χ3n) is 5.68. The van der Waals surface area contributed by atoms with Gasteiger partial charge < -0.3 is 25.1 Å². The van der Waals surface area contributed by atoms with Gasteiger partial charge in [-0.25, -0.2) is 4.79 Å². The first-order valence-electron chi connectivity index (χ1n) is 11.0. The van der Waals surface area contributed by atoms with Gasteiger partial charge in [-0.3, -0.25) is 19.1 Å². The Labute approximate surface area is 194 Å². The highest BCUT2D eigenvalue weighted by molar-refractivity contribution is 6.08. The van der Waals surface area contributed by atoms with E-state index >= 15 is 0 Å². The van der Waals surface area contributed by atoms with E-state index in [0.29, 0.717) is 23.6 Å². The average Bonchev–Trinajstić information content (AvgIpc) is 3.15. The van der Waals surface area contributed by atoms with Crippen molar-refractivity contribution >= 4 is 45.0 Å². The first kappa shape index (κ1) is 23.0. The molecule has 2 heterocycles. The molecular formula is C24H27N5O5. The summed E-state index contributed by atoms with van der Waals surface area (Å²) in [6, 6.07) is 11.2. The van der Waals surface area contributed by atoms with Crippen LogP contribution in [-0.4, -0.2) is 36.2 Å². The van der Waals surface area contributed by atoms with Gasteiger partial charge in [0.05, 0.1) is 19.3 Å². The van der Waals surface area contributed by atoms with Crippen molar-refractivity contribution in [2.45, 2.75) is 26.3 Å². The normalized spacial score (nSPS) is 11.1. The zero-order chi connectivity index (χ0) is 24.4. The molecule has 0 radical (unpaired) electrons. The van der Waals surface area contributed by atoms with Crippen LogP contribution in [0.2, 0.25) is 0 Å². The zero-order valence-corrected chi connectivity index (χ0v) is 19.3. The summed E-state index contributed by atoms with van der Waals surface area (Å²) in [5.41, 5.74) is 6.75. The molecule has 0 unspecified atom stereocenters. The van der Waals surface area contributed by atoms with Gasteiger partial charge in [0, 0.05) is 30.4 Å². The minimum Gasteiger partial charge on any atom is -0.495 e. The third kappa shape index (κ3) is 4.21. The van der Waals surface area contributed by atoms with Crippen LogP contribution >= 0.6 is 0 Å². The van der Waals surface area contributed by atoms with E-state index in [0.717, 1.165) is 29.2 Å². The number of nitrogens with one attached hydrogen (secondary N) is 2. The monoisotopic (exact) mass is 465 g/mol. The van der Waals surface area contributed by atoms with Gasteiger partial charge in [-0.15, -0.1) is 0 Å². The number of fused-ring (bicyclic) bond motifs is 3. The molecule has 0 bridgehead atoms. The van der Waals surface area contributed by atoms with E-state index < -0.39 is 17.2 Å². The van der Waals surface area contributed by atoms with Gasteiger partial charge in [0.25, 0.3) is 5.56 Å². The lowest BCUT2D eigenvalue weighted by Crippen LogP contribution is -2.39. The van der Waals surface area contributed by atoms with Crippen molar-refractivity contribution in [1.82, 2.24) is 9.55 Å². The van der Waals surface area contributed by atoms with Crippen LogP contribution in [0.3, 0.4) is 0 Å². The molecule has 1 amide bonds. The van der Waals surface area contributed by atoms with Gasteiger partial charge in [-0.1, -0.05) is 31.5 Å². The van der Waals surface area contributed by atoms with Crippen LogP contribution in [0, 0.1) is 0 Å². The van der Waals surface area contributed by atoms with Crippen molar-refractivity contribution in [3.05, 3.63) is 57.2 Å². The predicted octanol–water partition coefficient (Wildman–Crippen LogP) is 2.90. The van der Waals surface area contributed by atoms with Crippen molar-refractivity contribution in [1.29, 1.82) is 0 Å². The summed E-state index contributed by atoms with van der Waals surface area (Å²) in [6.07, 6.45) is 1.58. The van der Waals surface area contributed by atoms with Crippen molar-refractivity contribution in [2.75, 3.05) is 36.7 Å². The van der Waals surface area contributed by atoms with Crippen molar-refractivity contribution in [3.8, 4) is 5.75 Å². The van der Waals surface area contributed by atoms with Gasteiger partial charge in [0.1, 0.15) is 28.4 Å². The van der Waals surface area contributed by atoms with Gasteiger partial charge in [0.2, 0.25) is 5.91 Å². The number of methoxy groups -OCH3 is 1. The second-order valence-electron chi connectivity index (χ2n) is 8.05. The van der Waals surface area contributed by atoms with E-state index in [2.05, 4.69) is 10.3 Å². The van der Waals surface area contributed by atoms with E-state index in [1.54, 1.807) is 13.1 Å². The smallest absolute Gasteiger partial charge is 0.330 e. The number of rotatable bonds is 8. The SMILES string of the molecule is CCCCn1c(N)c(N(C)CC(=O)Nc2cc3oc4ccccc4c3cc2OC)c(=O)[nH]c1=O. The fraction of sp³-hybridized carbons (Fsp3) is 0.292. The first-order valence-corrected chi connectivity index (χ1v) is 11.0. The Morgan fingerprint density at radius 2 is 1.97 bits per heavy atom. The lowest BCUT2D eigenvalue weighted by molar-refractivity contribution is -0.114. The Kier molecular flexibility index (Phi) is 6.31. The summed E-state index contributed by atoms with van der Waals surface area (Å²) in [6.45, 7) is 2.18. The fourth-order valence-corrected chi connectivity index (χ4v) is 3.99. The summed E-state index contributed by atoms with van der Waals surface area (Å²) < 4.78 is 12.7. The molecule has 10 nitrogen and oxygen atoms in total. The molecule has 0 fully saturated rings. The fourth-order valence-electron chi connectivity index (χ4n) is 3.99. The maximum absolute atomic E-state index is 12.9. The van der Waals surface area contributed by atoms with Gasteiger partial charge in [0.15, 0.2) is 0 Å². The number of nitrogens with zero attached hydrogens (tertiary/aromatic N) is 2. The molecule has 2 aromatic carbocycles. The molecule has 0 aliphatic heterocycles. The van der Waals surface area contributed by atoms with Crippen LogP contribution in [0.4, 0.5) is 17.2 Å². The standard InChI is InChI=1S/C24H27N5O5/c1-4-5-10-29-22(25)21(23(31)27-24(29)32)28(2)13-20(30)26-16-12-18-15(11-19(16)33-3)14-8-6-7-9-17(14)34-18/h6-9,11-12H,4-5,10,13,25H2,1-3H3,(H,26,30)(H,27,31,32). The number of carbonyl (C=O) groups is 1. The topological polar surface area (TPSA) is 136 Å². The largest absolute Gasteiger partial charge is 0.495 e. The number of amides is 1. The lowest BCUT2D eigenvalue weighted by atomic mass is 10.1. The maximum Gasteiger partial charge on any atom is 0.330 e. The number of likely N-dealkylation sites (N-methyl/N-ethyl adjacent to an activating group) is 1. The van der Waals surface area contributed by atoms with Crippen LogP contribution in [0.15, 0.2) is 50.4 Å². The number of unbranched alkanes of at least 4 members (excludes halogenated alkanes) is 1. The molecule has 4 aromatic rings. The number of nitrogen functional groups attached to an aromatic ring is 1. The first-order chi connectivity index (χ1) is 16.3. The lowest BCUT2D eigenvalue weighted by Gasteiger charge is -2.21. The molecule has 10 heteroatoms. The number of anilines is 3. The molecule has 178 valence electrons. The molecule has 4 N–H and O–H groups in total. The minimum atomic E-state index is -0.646. The van der Waals surface area contributed by atoms with E-state index in [1.807, 2.05) is 37.3 Å². The second-order valence-corrected chi connectivity index (χ2v) is 8.05. The van der Waals surface area contributed by atoms with Crippen LogP contribution in [0.5, 0.6) is 5.75 Å². The van der Waals surface area contributed by atoms with Crippen LogP contribution in [0.1, 0.15) is 19.8 Å². The summed E-state index contributed by atoms with van der Waals surface area (Å²) >= 11 is 0. The van der Waals surface area contributed by atoms with Crippen molar-refractivity contribution in [3.63, 3.8) is 0 Å². The number of para-hydroxylation sites is 1. The Morgan fingerprint density at radius 1 is 1.21 bits per heavy atom. The zero-order valence-electron chi connectivity index (χ0n) is 19.3. The highest BCUT2D eigenvalue weighted by Crippen LogP contribution is 2.36. The summed E-state index contributed by atoms with van der Waals surface area (Å²) in [4.78, 5) is 41.2. The molecule has 0 saturated carbocycles. The number of hydrogen-bond acceptors (Lipinski definition) is 7. The molecule has 0 aliphatic carbocycles. The Balaban J connectivity index is 1.60. The predicted molar refractivity (Wildman–Crippen MR) is 133 cm³/mol. The van der Waals surface area contributed by atoms with Crippen LogP contribution in [-0.2, 0) is 11.3 Å². The number of H-pyrrole nitrogens is 1. The number of nitrogens with two attached hydrogens (primary N) is 1.